The van der Waals surface area contributed by atoms with Crippen LogP contribution in [0.3, 0.4) is 0 Å². The Morgan fingerprint density at radius 3 is 1.37 bits per heavy atom. The maximum atomic E-state index is 3.93. The number of rotatable bonds is 4. The van der Waals surface area contributed by atoms with E-state index in [2.05, 4.69) is 43.9 Å². The minimum absolute atomic E-state index is 0.793. The van der Waals surface area contributed by atoms with Gasteiger partial charge < -0.3 is 0 Å². The van der Waals surface area contributed by atoms with Gasteiger partial charge in [-0.2, -0.15) is 0 Å². The van der Waals surface area contributed by atoms with Gasteiger partial charge >= 0.3 is 0 Å². The van der Waals surface area contributed by atoms with Gasteiger partial charge in [-0.3, -0.25) is 0 Å². The second kappa shape index (κ2) is 7.72. The molecule has 0 saturated heterocycles. The van der Waals surface area contributed by atoms with Crippen molar-refractivity contribution in [2.45, 2.75) is 58.3 Å². The van der Waals surface area contributed by atoms with Crippen molar-refractivity contribution in [2.24, 2.45) is 23.7 Å². The molecular weight excluding hydrogens is 228 g/mol. The van der Waals surface area contributed by atoms with E-state index < -0.39 is 0 Å². The van der Waals surface area contributed by atoms with Crippen LogP contribution in [0.4, 0.5) is 0 Å². The fourth-order valence-electron chi connectivity index (χ4n) is 3.69. The Balaban J connectivity index is 1.70. The minimum atomic E-state index is 0.793. The molecule has 106 valence electrons. The van der Waals surface area contributed by atoms with Crippen molar-refractivity contribution >= 4 is 0 Å². The Labute approximate surface area is 119 Å². The molecule has 0 aromatic heterocycles. The van der Waals surface area contributed by atoms with Gasteiger partial charge in [-0.05, 0) is 82.0 Å². The summed E-state index contributed by atoms with van der Waals surface area (Å²) in [6.45, 7) is 6.07. The summed E-state index contributed by atoms with van der Waals surface area (Å²) in [6, 6.07) is 0. The van der Waals surface area contributed by atoms with E-state index in [-0.39, 0.29) is 0 Å². The average molecular weight is 258 g/mol. The van der Waals surface area contributed by atoms with E-state index in [1.807, 2.05) is 0 Å². The number of hydrogen-bond donors (Lipinski definition) is 0. The first kappa shape index (κ1) is 14.6. The van der Waals surface area contributed by atoms with E-state index in [4.69, 9.17) is 0 Å². The topological polar surface area (TPSA) is 0 Å². The highest BCUT2D eigenvalue weighted by atomic mass is 14.2. The molecule has 0 nitrogen and oxygen atoms in total. The van der Waals surface area contributed by atoms with Crippen LogP contribution in [0.5, 0.6) is 0 Å². The summed E-state index contributed by atoms with van der Waals surface area (Å²) < 4.78 is 0. The predicted molar refractivity (Wildman–Crippen MR) is 85.0 cm³/mol. The van der Waals surface area contributed by atoms with Crippen LogP contribution in [-0.2, 0) is 0 Å². The standard InChI is InChI=1S/C19H30/c1-3-5-17-10-12-19(13-11-17)15-14-18-8-6-16(4-2)7-9-18/h3-5,14-19H,2,6-13H2,1H3/b5-3+,15-14?. The summed E-state index contributed by atoms with van der Waals surface area (Å²) in [5.74, 6) is 3.36. The maximum Gasteiger partial charge on any atom is -0.0233 e. The first-order chi connectivity index (χ1) is 9.31. The Morgan fingerprint density at radius 1 is 0.632 bits per heavy atom. The first-order valence-corrected chi connectivity index (χ1v) is 8.25. The van der Waals surface area contributed by atoms with Gasteiger partial charge in [0.05, 0.1) is 0 Å². The summed E-state index contributed by atoms with van der Waals surface area (Å²) >= 11 is 0. The zero-order chi connectivity index (χ0) is 13.5. The van der Waals surface area contributed by atoms with Crippen LogP contribution in [0, 0.1) is 23.7 Å². The summed E-state index contributed by atoms with van der Waals surface area (Å²) in [5.41, 5.74) is 0. The average Bonchev–Trinajstić information content (AvgIpc) is 2.47. The highest BCUT2D eigenvalue weighted by Crippen LogP contribution is 2.33. The third-order valence-corrected chi connectivity index (χ3v) is 5.09. The summed E-state index contributed by atoms with van der Waals surface area (Å²) in [7, 11) is 0. The van der Waals surface area contributed by atoms with Gasteiger partial charge in [0, 0.05) is 0 Å². The SMILES string of the molecule is C=CC1CCC(C=CC2CCC(/C=C/C)CC2)CC1. The van der Waals surface area contributed by atoms with Gasteiger partial charge in [0.15, 0.2) is 0 Å². The minimum Gasteiger partial charge on any atom is -0.103 e. The fraction of sp³-hybridized carbons (Fsp3) is 0.684. The smallest absolute Gasteiger partial charge is 0.0233 e. The summed E-state index contributed by atoms with van der Waals surface area (Å²) in [5, 5.41) is 0. The second-order valence-corrected chi connectivity index (χ2v) is 6.50. The zero-order valence-electron chi connectivity index (χ0n) is 12.6. The lowest BCUT2D eigenvalue weighted by Gasteiger charge is -2.27. The number of allylic oxidation sites excluding steroid dienone is 5. The van der Waals surface area contributed by atoms with Gasteiger partial charge in [0.2, 0.25) is 0 Å². The van der Waals surface area contributed by atoms with Crippen LogP contribution < -0.4 is 0 Å². The highest BCUT2D eigenvalue weighted by molar-refractivity contribution is 4.99. The van der Waals surface area contributed by atoms with E-state index >= 15 is 0 Å². The van der Waals surface area contributed by atoms with Gasteiger partial charge in [0.1, 0.15) is 0 Å². The Hall–Kier alpha value is -0.780. The lowest BCUT2D eigenvalue weighted by molar-refractivity contribution is 0.342. The third kappa shape index (κ3) is 4.67. The van der Waals surface area contributed by atoms with Gasteiger partial charge in [-0.25, -0.2) is 0 Å². The van der Waals surface area contributed by atoms with E-state index in [1.54, 1.807) is 0 Å². The molecule has 2 aliphatic carbocycles. The molecule has 2 fully saturated rings. The van der Waals surface area contributed by atoms with Crippen LogP contribution in [0.15, 0.2) is 37.0 Å². The van der Waals surface area contributed by atoms with Crippen LogP contribution in [0.2, 0.25) is 0 Å². The normalized spacial score (nSPS) is 36.9. The van der Waals surface area contributed by atoms with Gasteiger partial charge in [-0.15, -0.1) is 6.58 Å². The molecule has 0 heteroatoms. The van der Waals surface area contributed by atoms with Crippen LogP contribution in [0.25, 0.3) is 0 Å². The van der Waals surface area contributed by atoms with Crippen molar-refractivity contribution in [1.82, 2.24) is 0 Å². The summed E-state index contributed by atoms with van der Waals surface area (Å²) in [6.07, 6.45) is 22.9. The van der Waals surface area contributed by atoms with Crippen molar-refractivity contribution < 1.29 is 0 Å². The molecule has 2 saturated carbocycles. The monoisotopic (exact) mass is 258 g/mol. The van der Waals surface area contributed by atoms with Gasteiger partial charge in [0.25, 0.3) is 0 Å². The van der Waals surface area contributed by atoms with Crippen LogP contribution in [-0.4, -0.2) is 0 Å². The number of hydrogen-bond acceptors (Lipinski definition) is 0. The zero-order valence-corrected chi connectivity index (χ0v) is 12.6. The van der Waals surface area contributed by atoms with Crippen molar-refractivity contribution in [2.75, 3.05) is 0 Å². The van der Waals surface area contributed by atoms with E-state index in [1.165, 1.54) is 51.4 Å². The molecule has 2 rings (SSSR count). The van der Waals surface area contributed by atoms with Crippen LogP contribution >= 0.6 is 0 Å². The molecule has 0 unspecified atom stereocenters. The molecule has 0 aliphatic heterocycles. The fourth-order valence-corrected chi connectivity index (χ4v) is 3.69. The van der Waals surface area contributed by atoms with E-state index in [0.29, 0.717) is 0 Å². The van der Waals surface area contributed by atoms with E-state index in [9.17, 15) is 0 Å². The second-order valence-electron chi connectivity index (χ2n) is 6.50. The molecule has 0 radical (unpaired) electrons. The van der Waals surface area contributed by atoms with Crippen molar-refractivity contribution in [3.63, 3.8) is 0 Å². The molecule has 0 atom stereocenters. The Morgan fingerprint density at radius 2 is 1.00 bits per heavy atom. The molecule has 0 heterocycles. The van der Waals surface area contributed by atoms with Crippen molar-refractivity contribution in [3.8, 4) is 0 Å². The molecule has 19 heavy (non-hydrogen) atoms. The maximum absolute atomic E-state index is 3.93. The molecule has 0 N–H and O–H groups in total. The molecular formula is C19H30. The highest BCUT2D eigenvalue weighted by Gasteiger charge is 2.19. The van der Waals surface area contributed by atoms with Crippen molar-refractivity contribution in [3.05, 3.63) is 37.0 Å². The van der Waals surface area contributed by atoms with Gasteiger partial charge in [-0.1, -0.05) is 30.4 Å². The largest absolute Gasteiger partial charge is 0.103 e. The Bertz CT molecular complexity index is 307. The third-order valence-electron chi connectivity index (χ3n) is 5.09. The lowest BCUT2D eigenvalue weighted by atomic mass is 9.79. The molecule has 0 spiro atoms. The lowest BCUT2D eigenvalue weighted by Crippen LogP contribution is -2.13. The molecule has 0 bridgehead atoms. The molecule has 2 aliphatic rings. The van der Waals surface area contributed by atoms with Crippen molar-refractivity contribution in [1.29, 1.82) is 0 Å². The quantitative estimate of drug-likeness (QED) is 0.549. The Kier molecular flexibility index (Phi) is 5.94. The van der Waals surface area contributed by atoms with E-state index in [0.717, 1.165) is 23.7 Å². The first-order valence-electron chi connectivity index (χ1n) is 8.25. The molecule has 0 aromatic rings. The summed E-state index contributed by atoms with van der Waals surface area (Å²) in [4.78, 5) is 0. The molecule has 0 amide bonds. The molecule has 0 aromatic carbocycles. The predicted octanol–water partition coefficient (Wildman–Crippen LogP) is 5.92. The van der Waals surface area contributed by atoms with Crippen LogP contribution in [0.1, 0.15) is 58.3 Å².